The average Bonchev–Trinajstić information content (AvgIpc) is 2.89. The van der Waals surface area contributed by atoms with Gasteiger partial charge < -0.3 is 15.8 Å². The minimum Gasteiger partial charge on any atom is -0.452 e. The van der Waals surface area contributed by atoms with Crippen molar-refractivity contribution in [1.29, 1.82) is 0 Å². The number of aryl methyl sites for hydroxylation is 1. The average molecular weight is 276 g/mol. The molecule has 5 nitrogen and oxygen atoms in total. The van der Waals surface area contributed by atoms with Gasteiger partial charge in [-0.05, 0) is 43.5 Å². The summed E-state index contributed by atoms with van der Waals surface area (Å²) in [5.74, 6) is -0.734. The summed E-state index contributed by atoms with van der Waals surface area (Å²) < 4.78 is 5.03. The molecule has 0 aromatic heterocycles. The van der Waals surface area contributed by atoms with Gasteiger partial charge in [-0.3, -0.25) is 4.79 Å². The molecule has 5 heteroatoms. The van der Waals surface area contributed by atoms with E-state index in [0.717, 1.165) is 31.2 Å². The summed E-state index contributed by atoms with van der Waals surface area (Å²) in [6.07, 6.45) is 4.32. The van der Waals surface area contributed by atoms with Crippen LogP contribution in [0.4, 0.5) is 5.69 Å². The molecule has 108 valence electrons. The fraction of sp³-hybridized carbons (Fsp3) is 0.467. The van der Waals surface area contributed by atoms with Crippen molar-refractivity contribution in [1.82, 2.24) is 5.32 Å². The molecule has 2 rings (SSSR count). The molecule has 0 radical (unpaired) electrons. The third-order valence-corrected chi connectivity index (χ3v) is 3.53. The van der Waals surface area contributed by atoms with Gasteiger partial charge in [-0.15, -0.1) is 0 Å². The number of nitrogens with one attached hydrogen (secondary N) is 1. The third kappa shape index (κ3) is 3.73. The fourth-order valence-electron chi connectivity index (χ4n) is 2.46. The fourth-order valence-corrected chi connectivity index (χ4v) is 2.46. The number of ether oxygens (including phenoxy) is 1. The van der Waals surface area contributed by atoms with E-state index in [0.29, 0.717) is 11.3 Å². The second kappa shape index (κ2) is 6.41. The molecule has 1 aliphatic carbocycles. The van der Waals surface area contributed by atoms with E-state index in [2.05, 4.69) is 5.32 Å². The van der Waals surface area contributed by atoms with E-state index in [4.69, 9.17) is 10.5 Å². The van der Waals surface area contributed by atoms with Gasteiger partial charge in [0.1, 0.15) is 0 Å². The van der Waals surface area contributed by atoms with Crippen LogP contribution in [0.1, 0.15) is 41.6 Å². The number of hydrogen-bond donors (Lipinski definition) is 2. The molecule has 0 aliphatic heterocycles. The topological polar surface area (TPSA) is 81.4 Å². The van der Waals surface area contributed by atoms with E-state index in [1.54, 1.807) is 25.1 Å². The van der Waals surface area contributed by atoms with Crippen LogP contribution in [-0.4, -0.2) is 24.5 Å². The molecule has 0 unspecified atom stereocenters. The Morgan fingerprint density at radius 3 is 2.70 bits per heavy atom. The van der Waals surface area contributed by atoms with Crippen molar-refractivity contribution in [3.05, 3.63) is 29.3 Å². The molecule has 0 heterocycles. The number of benzene rings is 1. The Balaban J connectivity index is 1.83. The zero-order valence-corrected chi connectivity index (χ0v) is 11.6. The number of esters is 1. The second-order valence-corrected chi connectivity index (χ2v) is 5.20. The van der Waals surface area contributed by atoms with E-state index in [9.17, 15) is 9.59 Å². The van der Waals surface area contributed by atoms with E-state index in [-0.39, 0.29) is 18.6 Å². The van der Waals surface area contributed by atoms with E-state index in [1.165, 1.54) is 0 Å². The molecule has 1 aromatic rings. The van der Waals surface area contributed by atoms with Crippen LogP contribution in [0.2, 0.25) is 0 Å². The van der Waals surface area contributed by atoms with Crippen molar-refractivity contribution in [2.75, 3.05) is 12.3 Å². The molecule has 1 saturated carbocycles. The number of anilines is 1. The molecule has 3 N–H and O–H groups in total. The first-order chi connectivity index (χ1) is 9.56. The number of nitrogen functional groups attached to an aromatic ring is 1. The molecule has 0 saturated heterocycles. The minimum absolute atomic E-state index is 0.236. The van der Waals surface area contributed by atoms with Gasteiger partial charge in [0.25, 0.3) is 5.91 Å². The van der Waals surface area contributed by atoms with Crippen molar-refractivity contribution in [2.45, 2.75) is 38.6 Å². The Kier molecular flexibility index (Phi) is 4.61. The predicted molar refractivity (Wildman–Crippen MR) is 76.3 cm³/mol. The smallest absolute Gasteiger partial charge is 0.338 e. The molecule has 1 amide bonds. The molecule has 1 fully saturated rings. The van der Waals surface area contributed by atoms with Crippen LogP contribution in [0.15, 0.2) is 18.2 Å². The molecule has 0 spiro atoms. The number of rotatable bonds is 4. The van der Waals surface area contributed by atoms with E-state index >= 15 is 0 Å². The van der Waals surface area contributed by atoms with Gasteiger partial charge in [0.2, 0.25) is 0 Å². The number of carbonyl (C=O) groups is 2. The maximum atomic E-state index is 11.9. The van der Waals surface area contributed by atoms with Gasteiger partial charge in [-0.1, -0.05) is 12.8 Å². The lowest BCUT2D eigenvalue weighted by atomic mass is 10.1. The first-order valence-corrected chi connectivity index (χ1v) is 6.89. The summed E-state index contributed by atoms with van der Waals surface area (Å²) in [6.45, 7) is 1.55. The molecule has 20 heavy (non-hydrogen) atoms. The highest BCUT2D eigenvalue weighted by Crippen LogP contribution is 2.17. The lowest BCUT2D eigenvalue weighted by Gasteiger charge is -2.12. The molecule has 0 atom stereocenters. The van der Waals surface area contributed by atoms with Crippen LogP contribution in [0, 0.1) is 6.92 Å². The van der Waals surface area contributed by atoms with Crippen molar-refractivity contribution in [3.63, 3.8) is 0 Å². The van der Waals surface area contributed by atoms with Gasteiger partial charge in [0.05, 0.1) is 5.56 Å². The van der Waals surface area contributed by atoms with Gasteiger partial charge in [0, 0.05) is 11.7 Å². The van der Waals surface area contributed by atoms with Gasteiger partial charge >= 0.3 is 5.97 Å². The lowest BCUT2D eigenvalue weighted by molar-refractivity contribution is -0.124. The summed E-state index contributed by atoms with van der Waals surface area (Å²) in [5.41, 5.74) is 7.40. The van der Waals surface area contributed by atoms with Gasteiger partial charge in [-0.2, -0.15) is 0 Å². The summed E-state index contributed by atoms with van der Waals surface area (Å²) in [7, 11) is 0. The maximum absolute atomic E-state index is 11.9. The van der Waals surface area contributed by atoms with Gasteiger partial charge in [-0.25, -0.2) is 4.79 Å². The van der Waals surface area contributed by atoms with E-state index in [1.807, 2.05) is 0 Å². The van der Waals surface area contributed by atoms with E-state index < -0.39 is 5.97 Å². The number of nitrogens with two attached hydrogens (primary N) is 1. The largest absolute Gasteiger partial charge is 0.452 e. The Bertz CT molecular complexity index is 508. The number of amides is 1. The highest BCUT2D eigenvalue weighted by Gasteiger charge is 2.18. The second-order valence-electron chi connectivity index (χ2n) is 5.20. The van der Waals surface area contributed by atoms with Crippen LogP contribution in [0.3, 0.4) is 0 Å². The molecular formula is C15H20N2O3. The van der Waals surface area contributed by atoms with Crippen molar-refractivity contribution >= 4 is 17.6 Å². The van der Waals surface area contributed by atoms with Crippen LogP contribution < -0.4 is 11.1 Å². The van der Waals surface area contributed by atoms with Crippen LogP contribution >= 0.6 is 0 Å². The predicted octanol–water partition coefficient (Wildman–Crippen LogP) is 1.79. The van der Waals surface area contributed by atoms with Crippen molar-refractivity contribution in [2.24, 2.45) is 0 Å². The zero-order valence-electron chi connectivity index (χ0n) is 11.6. The van der Waals surface area contributed by atoms with Gasteiger partial charge in [0.15, 0.2) is 6.61 Å². The first-order valence-electron chi connectivity index (χ1n) is 6.89. The molecule has 0 bridgehead atoms. The Hall–Kier alpha value is -2.04. The standard InChI is InChI=1S/C15H20N2O3/c1-10-8-11(16)6-7-13(10)15(19)20-9-14(18)17-12-4-2-3-5-12/h6-8,12H,2-5,9,16H2,1H3,(H,17,18). The molecule has 1 aromatic carbocycles. The zero-order chi connectivity index (χ0) is 14.5. The summed E-state index contributed by atoms with van der Waals surface area (Å²) in [4.78, 5) is 23.5. The van der Waals surface area contributed by atoms with Crippen molar-refractivity contribution in [3.8, 4) is 0 Å². The van der Waals surface area contributed by atoms with Crippen LogP contribution in [0.5, 0.6) is 0 Å². The molecular weight excluding hydrogens is 256 g/mol. The normalized spacial score (nSPS) is 15.1. The quantitative estimate of drug-likeness (QED) is 0.649. The third-order valence-electron chi connectivity index (χ3n) is 3.53. The highest BCUT2D eigenvalue weighted by molar-refractivity contribution is 5.93. The highest BCUT2D eigenvalue weighted by atomic mass is 16.5. The minimum atomic E-state index is -0.496. The molecule has 1 aliphatic rings. The summed E-state index contributed by atoms with van der Waals surface area (Å²) in [6, 6.07) is 5.19. The Morgan fingerprint density at radius 1 is 1.35 bits per heavy atom. The Labute approximate surface area is 118 Å². The first kappa shape index (κ1) is 14.4. The summed E-state index contributed by atoms with van der Waals surface area (Å²) in [5, 5.41) is 2.87. The monoisotopic (exact) mass is 276 g/mol. The maximum Gasteiger partial charge on any atom is 0.338 e. The number of hydrogen-bond acceptors (Lipinski definition) is 4. The van der Waals surface area contributed by atoms with Crippen LogP contribution in [0.25, 0.3) is 0 Å². The Morgan fingerprint density at radius 2 is 2.05 bits per heavy atom. The SMILES string of the molecule is Cc1cc(N)ccc1C(=O)OCC(=O)NC1CCCC1. The van der Waals surface area contributed by atoms with Crippen molar-refractivity contribution < 1.29 is 14.3 Å². The lowest BCUT2D eigenvalue weighted by Crippen LogP contribution is -2.35. The van der Waals surface area contributed by atoms with Crippen LogP contribution in [-0.2, 0) is 9.53 Å². The number of carbonyl (C=O) groups excluding carboxylic acids is 2. The summed E-state index contributed by atoms with van der Waals surface area (Å²) >= 11 is 0.